The fraction of sp³-hybridized carbons (Fsp3) is 0.182. The van der Waals surface area contributed by atoms with Crippen LogP contribution in [0.5, 0.6) is 0 Å². The fourth-order valence-electron chi connectivity index (χ4n) is 1.36. The zero-order valence-electron chi connectivity index (χ0n) is 10.0. The highest BCUT2D eigenvalue weighted by molar-refractivity contribution is 5.97. The smallest absolute Gasteiger partial charge is 0.354 e. The lowest BCUT2D eigenvalue weighted by Crippen LogP contribution is -2.39. The van der Waals surface area contributed by atoms with E-state index in [1.807, 2.05) is 0 Å². The molecular weight excluding hydrogens is 272 g/mol. The zero-order chi connectivity index (χ0) is 15.3. The van der Waals surface area contributed by atoms with E-state index in [-0.39, 0.29) is 5.69 Å². The lowest BCUT2D eigenvalue weighted by molar-refractivity contribution is -0.140. The van der Waals surface area contributed by atoms with Crippen molar-refractivity contribution in [2.24, 2.45) is 0 Å². The second kappa shape index (κ2) is 6.27. The number of amides is 1. The van der Waals surface area contributed by atoms with Gasteiger partial charge in [0.15, 0.2) is 0 Å². The van der Waals surface area contributed by atoms with Crippen LogP contribution in [0.3, 0.4) is 0 Å². The Morgan fingerprint density at radius 3 is 1.90 bits per heavy atom. The van der Waals surface area contributed by atoms with Gasteiger partial charge < -0.3 is 20.2 Å². The molecule has 1 heterocycles. The maximum Gasteiger partial charge on any atom is 0.354 e. The lowest BCUT2D eigenvalue weighted by Gasteiger charge is -2.17. The Kier molecular flexibility index (Phi) is 4.73. The number of hydrogen-bond acceptors (Lipinski definition) is 5. The number of nitrogens with zero attached hydrogens (tertiary/aromatic N) is 2. The highest BCUT2D eigenvalue weighted by Gasteiger charge is 2.22. The van der Waals surface area contributed by atoms with Crippen molar-refractivity contribution in [3.63, 3.8) is 0 Å². The Labute approximate surface area is 112 Å². The number of carbonyl (C=O) groups excluding carboxylic acids is 1. The number of carboxylic acid groups (broad SMARTS) is 3. The Morgan fingerprint density at radius 2 is 1.45 bits per heavy atom. The van der Waals surface area contributed by atoms with Gasteiger partial charge in [-0.25, -0.2) is 9.78 Å². The van der Waals surface area contributed by atoms with Gasteiger partial charge in [0, 0.05) is 0 Å². The number of rotatable bonds is 6. The van der Waals surface area contributed by atoms with Crippen LogP contribution in [-0.2, 0) is 9.59 Å². The molecule has 9 nitrogen and oxygen atoms in total. The molecule has 0 aliphatic heterocycles. The molecule has 0 bridgehead atoms. The van der Waals surface area contributed by atoms with E-state index in [1.54, 1.807) is 0 Å². The Balaban J connectivity index is 3.04. The maximum absolute atomic E-state index is 11.9. The molecule has 20 heavy (non-hydrogen) atoms. The van der Waals surface area contributed by atoms with E-state index >= 15 is 0 Å². The summed E-state index contributed by atoms with van der Waals surface area (Å²) in [7, 11) is 0. The molecule has 0 saturated heterocycles. The largest absolute Gasteiger partial charge is 0.480 e. The zero-order valence-corrected chi connectivity index (χ0v) is 10.0. The maximum atomic E-state index is 11.9. The molecule has 1 aromatic heterocycles. The van der Waals surface area contributed by atoms with Gasteiger partial charge in [-0.1, -0.05) is 6.07 Å². The van der Waals surface area contributed by atoms with Gasteiger partial charge in [0.25, 0.3) is 5.91 Å². The van der Waals surface area contributed by atoms with Crippen LogP contribution in [0.4, 0.5) is 0 Å². The highest BCUT2D eigenvalue weighted by Crippen LogP contribution is 2.04. The minimum Gasteiger partial charge on any atom is -0.480 e. The minimum atomic E-state index is -1.39. The van der Waals surface area contributed by atoms with Crippen molar-refractivity contribution in [3.05, 3.63) is 29.6 Å². The molecule has 1 amide bonds. The summed E-state index contributed by atoms with van der Waals surface area (Å²) in [6, 6.07) is 3.58. The van der Waals surface area contributed by atoms with Crippen LogP contribution in [0, 0.1) is 0 Å². The third kappa shape index (κ3) is 4.05. The second-order valence-corrected chi connectivity index (χ2v) is 3.66. The third-order valence-corrected chi connectivity index (χ3v) is 2.13. The van der Waals surface area contributed by atoms with E-state index in [4.69, 9.17) is 15.3 Å². The summed E-state index contributed by atoms with van der Waals surface area (Å²) in [5, 5.41) is 26.0. The monoisotopic (exact) mass is 282 g/mol. The molecule has 0 unspecified atom stereocenters. The van der Waals surface area contributed by atoms with Gasteiger partial charge >= 0.3 is 17.9 Å². The predicted molar refractivity (Wildman–Crippen MR) is 62.4 cm³/mol. The standard InChI is InChI=1S/C11H10N2O7/c14-8(15)4-13(5-9(16)17)10(18)6-2-1-3-7(12-6)11(19)20/h1-3H,4-5H2,(H,14,15)(H,16,17)(H,19,20). The van der Waals surface area contributed by atoms with E-state index in [0.717, 1.165) is 6.07 Å². The van der Waals surface area contributed by atoms with Crippen LogP contribution >= 0.6 is 0 Å². The van der Waals surface area contributed by atoms with Crippen molar-refractivity contribution in [2.45, 2.75) is 0 Å². The normalized spacial score (nSPS) is 9.80. The van der Waals surface area contributed by atoms with E-state index in [2.05, 4.69) is 4.98 Å². The van der Waals surface area contributed by atoms with E-state index in [0.29, 0.717) is 4.90 Å². The molecule has 106 valence electrons. The molecule has 3 N–H and O–H groups in total. The van der Waals surface area contributed by atoms with Gasteiger partial charge in [-0.05, 0) is 12.1 Å². The molecule has 0 aromatic carbocycles. The Morgan fingerprint density at radius 1 is 0.950 bits per heavy atom. The van der Waals surface area contributed by atoms with E-state index in [1.165, 1.54) is 12.1 Å². The first-order chi connectivity index (χ1) is 9.31. The van der Waals surface area contributed by atoms with Crippen LogP contribution in [0.2, 0.25) is 0 Å². The number of hydrogen-bond donors (Lipinski definition) is 3. The van der Waals surface area contributed by atoms with Gasteiger partial charge in [-0.2, -0.15) is 0 Å². The van der Waals surface area contributed by atoms with Gasteiger partial charge in [0.05, 0.1) is 0 Å². The van der Waals surface area contributed by atoms with E-state index in [9.17, 15) is 19.2 Å². The number of carboxylic acids is 3. The van der Waals surface area contributed by atoms with Crippen molar-refractivity contribution in [3.8, 4) is 0 Å². The first-order valence-corrected chi connectivity index (χ1v) is 5.24. The van der Waals surface area contributed by atoms with Crippen molar-refractivity contribution in [1.82, 2.24) is 9.88 Å². The first-order valence-electron chi connectivity index (χ1n) is 5.24. The lowest BCUT2D eigenvalue weighted by atomic mass is 10.2. The quantitative estimate of drug-likeness (QED) is 0.626. The number of carbonyl (C=O) groups is 4. The van der Waals surface area contributed by atoms with Crippen molar-refractivity contribution in [1.29, 1.82) is 0 Å². The van der Waals surface area contributed by atoms with Gasteiger partial charge in [0.1, 0.15) is 24.5 Å². The summed E-state index contributed by atoms with van der Waals surface area (Å²) >= 11 is 0. The van der Waals surface area contributed by atoms with Gasteiger partial charge in [-0.3, -0.25) is 14.4 Å². The molecule has 0 saturated carbocycles. The summed E-state index contributed by atoms with van der Waals surface area (Å²) in [4.78, 5) is 47.9. The summed E-state index contributed by atoms with van der Waals surface area (Å²) in [5.41, 5.74) is -0.742. The minimum absolute atomic E-state index is 0.340. The number of aromatic nitrogens is 1. The molecule has 0 fully saturated rings. The van der Waals surface area contributed by atoms with Crippen molar-refractivity contribution >= 4 is 23.8 Å². The van der Waals surface area contributed by atoms with Crippen LogP contribution < -0.4 is 0 Å². The second-order valence-electron chi connectivity index (χ2n) is 3.66. The van der Waals surface area contributed by atoms with Crippen LogP contribution in [0.15, 0.2) is 18.2 Å². The summed E-state index contributed by atoms with van der Waals surface area (Å²) < 4.78 is 0. The summed E-state index contributed by atoms with van der Waals surface area (Å²) in [5.74, 6) is -5.12. The Hall–Kier alpha value is -2.97. The molecule has 0 radical (unpaired) electrons. The summed E-state index contributed by atoms with van der Waals surface area (Å²) in [6.45, 7) is -1.66. The van der Waals surface area contributed by atoms with Crippen LogP contribution in [0.1, 0.15) is 21.0 Å². The SMILES string of the molecule is O=C(O)CN(CC(=O)O)C(=O)c1cccc(C(=O)O)n1. The summed E-state index contributed by atoms with van der Waals surface area (Å²) in [6.07, 6.45) is 0. The average Bonchev–Trinajstić information content (AvgIpc) is 2.36. The van der Waals surface area contributed by atoms with Crippen molar-refractivity contribution in [2.75, 3.05) is 13.1 Å². The molecule has 1 aromatic rings. The van der Waals surface area contributed by atoms with Crippen LogP contribution in [-0.4, -0.2) is 62.1 Å². The van der Waals surface area contributed by atoms with Gasteiger partial charge in [0.2, 0.25) is 0 Å². The average molecular weight is 282 g/mol. The molecule has 0 aliphatic carbocycles. The van der Waals surface area contributed by atoms with E-state index < -0.39 is 42.6 Å². The first kappa shape index (κ1) is 15.1. The molecule has 0 spiro atoms. The van der Waals surface area contributed by atoms with Gasteiger partial charge in [-0.15, -0.1) is 0 Å². The topological polar surface area (TPSA) is 145 Å². The molecular formula is C11H10N2O7. The van der Waals surface area contributed by atoms with Crippen molar-refractivity contribution < 1.29 is 34.5 Å². The highest BCUT2D eigenvalue weighted by atomic mass is 16.4. The fourth-order valence-corrected chi connectivity index (χ4v) is 1.36. The number of pyridine rings is 1. The number of aliphatic carboxylic acids is 2. The number of aromatic carboxylic acids is 1. The third-order valence-electron chi connectivity index (χ3n) is 2.13. The molecule has 0 aliphatic rings. The molecule has 0 atom stereocenters. The predicted octanol–water partition coefficient (Wildman–Crippen LogP) is -0.609. The van der Waals surface area contributed by atoms with Crippen LogP contribution in [0.25, 0.3) is 0 Å². The Bertz CT molecular complexity index is 554. The molecule has 9 heteroatoms. The molecule has 1 rings (SSSR count).